The van der Waals surface area contributed by atoms with Crippen LogP contribution in [0.1, 0.15) is 48.9 Å². The van der Waals surface area contributed by atoms with Crippen molar-refractivity contribution in [3.8, 4) is 0 Å². The molecule has 15 heavy (non-hydrogen) atoms. The summed E-state index contributed by atoms with van der Waals surface area (Å²) in [6.07, 6.45) is 3.61. The van der Waals surface area contributed by atoms with Gasteiger partial charge in [-0.1, -0.05) is 26.7 Å². The molecule has 2 nitrogen and oxygen atoms in total. The van der Waals surface area contributed by atoms with Crippen molar-refractivity contribution >= 4 is 11.3 Å². The highest BCUT2D eigenvalue weighted by Gasteiger charge is 2.15. The Labute approximate surface area is 96.9 Å². The number of nitrogens with one attached hydrogen (secondary N) is 1. The topological polar surface area (TPSA) is 38.0 Å². The first-order valence-electron chi connectivity index (χ1n) is 5.73. The Kier molecular flexibility index (Phi) is 5.29. The summed E-state index contributed by atoms with van der Waals surface area (Å²) in [5, 5.41) is 0. The van der Waals surface area contributed by atoms with Crippen LogP contribution >= 0.6 is 11.3 Å². The average Bonchev–Trinajstić information content (AvgIpc) is 2.67. The van der Waals surface area contributed by atoms with Gasteiger partial charge in [-0.05, 0) is 31.4 Å². The summed E-state index contributed by atoms with van der Waals surface area (Å²) >= 11 is 1.84. The van der Waals surface area contributed by atoms with Crippen molar-refractivity contribution in [3.05, 3.63) is 21.9 Å². The van der Waals surface area contributed by atoms with Gasteiger partial charge in [-0.25, -0.2) is 0 Å². The highest BCUT2D eigenvalue weighted by Crippen LogP contribution is 2.29. The SMILES string of the molecule is CCC(CC)CC(NN)c1ccc(C)s1. The van der Waals surface area contributed by atoms with Crippen molar-refractivity contribution in [2.75, 3.05) is 0 Å². The summed E-state index contributed by atoms with van der Waals surface area (Å²) < 4.78 is 0. The Hall–Kier alpha value is -0.380. The molecule has 1 rings (SSSR count). The molecular formula is C12H22N2S. The first-order chi connectivity index (χ1) is 7.21. The second-order valence-electron chi connectivity index (χ2n) is 4.09. The standard InChI is InChI=1S/C12H22N2S/c1-4-10(5-2)8-11(14-13)12-7-6-9(3)15-12/h6-7,10-11,14H,4-5,8,13H2,1-3H3. The van der Waals surface area contributed by atoms with E-state index in [1.54, 1.807) is 0 Å². The first kappa shape index (κ1) is 12.7. The largest absolute Gasteiger partial charge is 0.271 e. The van der Waals surface area contributed by atoms with E-state index < -0.39 is 0 Å². The average molecular weight is 226 g/mol. The van der Waals surface area contributed by atoms with Crippen LogP contribution in [0.25, 0.3) is 0 Å². The summed E-state index contributed by atoms with van der Waals surface area (Å²) in [5.74, 6) is 6.40. The van der Waals surface area contributed by atoms with E-state index in [1.807, 2.05) is 11.3 Å². The monoisotopic (exact) mass is 226 g/mol. The fourth-order valence-corrected chi connectivity index (χ4v) is 2.81. The number of hydrogen-bond acceptors (Lipinski definition) is 3. The molecule has 3 heteroatoms. The lowest BCUT2D eigenvalue weighted by Crippen LogP contribution is -2.29. The summed E-state index contributed by atoms with van der Waals surface area (Å²) in [4.78, 5) is 2.72. The van der Waals surface area contributed by atoms with E-state index in [9.17, 15) is 0 Å². The highest BCUT2D eigenvalue weighted by atomic mass is 32.1. The third kappa shape index (κ3) is 3.59. The minimum Gasteiger partial charge on any atom is -0.271 e. The second-order valence-corrected chi connectivity index (χ2v) is 5.41. The minimum absolute atomic E-state index is 0.327. The zero-order chi connectivity index (χ0) is 11.3. The quantitative estimate of drug-likeness (QED) is 0.576. The number of hydrogen-bond donors (Lipinski definition) is 2. The summed E-state index contributed by atoms with van der Waals surface area (Å²) in [5.41, 5.74) is 2.94. The Morgan fingerprint density at radius 1 is 1.33 bits per heavy atom. The molecule has 0 aliphatic rings. The van der Waals surface area contributed by atoms with Crippen LogP contribution in [0.3, 0.4) is 0 Å². The lowest BCUT2D eigenvalue weighted by atomic mass is 9.94. The zero-order valence-electron chi connectivity index (χ0n) is 9.92. The molecule has 0 fully saturated rings. The molecule has 1 heterocycles. The fraction of sp³-hybridized carbons (Fsp3) is 0.667. The highest BCUT2D eigenvalue weighted by molar-refractivity contribution is 7.12. The maximum absolute atomic E-state index is 5.63. The Morgan fingerprint density at radius 3 is 2.40 bits per heavy atom. The van der Waals surface area contributed by atoms with E-state index >= 15 is 0 Å². The Morgan fingerprint density at radius 2 is 2.00 bits per heavy atom. The predicted octanol–water partition coefficient (Wildman–Crippen LogP) is 3.39. The van der Waals surface area contributed by atoms with Crippen LogP contribution < -0.4 is 11.3 Å². The number of rotatable bonds is 6. The molecule has 0 saturated heterocycles. The van der Waals surface area contributed by atoms with Crippen molar-refractivity contribution in [1.29, 1.82) is 0 Å². The van der Waals surface area contributed by atoms with Gasteiger partial charge in [-0.15, -0.1) is 11.3 Å². The zero-order valence-corrected chi connectivity index (χ0v) is 10.7. The molecule has 1 unspecified atom stereocenters. The molecule has 0 spiro atoms. The maximum Gasteiger partial charge on any atom is 0.0556 e. The van der Waals surface area contributed by atoms with Crippen LogP contribution in [-0.2, 0) is 0 Å². The van der Waals surface area contributed by atoms with Crippen LogP contribution in [-0.4, -0.2) is 0 Å². The lowest BCUT2D eigenvalue weighted by molar-refractivity contribution is 0.378. The van der Waals surface area contributed by atoms with Gasteiger partial charge in [0.15, 0.2) is 0 Å². The van der Waals surface area contributed by atoms with Crippen molar-refractivity contribution in [3.63, 3.8) is 0 Å². The van der Waals surface area contributed by atoms with Crippen LogP contribution in [0.4, 0.5) is 0 Å². The van der Waals surface area contributed by atoms with Crippen LogP contribution in [0.2, 0.25) is 0 Å². The van der Waals surface area contributed by atoms with Gasteiger partial charge >= 0.3 is 0 Å². The summed E-state index contributed by atoms with van der Waals surface area (Å²) in [6.45, 7) is 6.64. The maximum atomic E-state index is 5.63. The third-order valence-corrected chi connectivity index (χ3v) is 4.14. The number of nitrogens with two attached hydrogens (primary N) is 1. The van der Waals surface area contributed by atoms with E-state index in [4.69, 9.17) is 5.84 Å². The van der Waals surface area contributed by atoms with Gasteiger partial charge in [0.05, 0.1) is 6.04 Å². The van der Waals surface area contributed by atoms with Crippen LogP contribution in [0.15, 0.2) is 12.1 Å². The van der Waals surface area contributed by atoms with E-state index in [0.717, 1.165) is 12.3 Å². The number of thiophene rings is 1. The smallest absolute Gasteiger partial charge is 0.0556 e. The van der Waals surface area contributed by atoms with Crippen molar-refractivity contribution < 1.29 is 0 Å². The van der Waals surface area contributed by atoms with Crippen LogP contribution in [0.5, 0.6) is 0 Å². The van der Waals surface area contributed by atoms with Crippen LogP contribution in [0, 0.1) is 12.8 Å². The van der Waals surface area contributed by atoms with Crippen molar-refractivity contribution in [2.24, 2.45) is 11.8 Å². The van der Waals surface area contributed by atoms with E-state index in [2.05, 4.69) is 38.3 Å². The van der Waals surface area contributed by atoms with Gasteiger partial charge in [0.1, 0.15) is 0 Å². The van der Waals surface area contributed by atoms with Gasteiger partial charge in [0, 0.05) is 9.75 Å². The van der Waals surface area contributed by atoms with Gasteiger partial charge in [0.2, 0.25) is 0 Å². The number of hydrazine groups is 1. The van der Waals surface area contributed by atoms with Gasteiger partial charge in [-0.3, -0.25) is 11.3 Å². The first-order valence-corrected chi connectivity index (χ1v) is 6.55. The molecule has 1 aromatic rings. The Balaban J connectivity index is 2.63. The molecule has 3 N–H and O–H groups in total. The molecule has 0 aliphatic carbocycles. The molecule has 1 atom stereocenters. The molecule has 86 valence electrons. The Bertz CT molecular complexity index is 279. The van der Waals surface area contributed by atoms with Gasteiger partial charge < -0.3 is 0 Å². The molecular weight excluding hydrogens is 204 g/mol. The molecule has 0 radical (unpaired) electrons. The van der Waals surface area contributed by atoms with E-state index in [1.165, 1.54) is 22.6 Å². The van der Waals surface area contributed by atoms with Crippen molar-refractivity contribution in [2.45, 2.75) is 46.1 Å². The number of aryl methyl sites for hydroxylation is 1. The summed E-state index contributed by atoms with van der Waals surface area (Å²) in [7, 11) is 0. The third-order valence-electron chi connectivity index (χ3n) is 3.03. The fourth-order valence-electron chi connectivity index (χ4n) is 1.86. The lowest BCUT2D eigenvalue weighted by Gasteiger charge is -2.20. The molecule has 0 amide bonds. The second kappa shape index (κ2) is 6.26. The van der Waals surface area contributed by atoms with E-state index in [0.29, 0.717) is 6.04 Å². The van der Waals surface area contributed by atoms with E-state index in [-0.39, 0.29) is 0 Å². The molecule has 0 bridgehead atoms. The molecule has 0 aromatic carbocycles. The molecule has 0 aliphatic heterocycles. The van der Waals surface area contributed by atoms with Gasteiger partial charge in [-0.2, -0.15) is 0 Å². The molecule has 1 aromatic heterocycles. The van der Waals surface area contributed by atoms with Crippen molar-refractivity contribution in [1.82, 2.24) is 5.43 Å². The normalized spacial score (nSPS) is 13.4. The van der Waals surface area contributed by atoms with Gasteiger partial charge in [0.25, 0.3) is 0 Å². The predicted molar refractivity (Wildman–Crippen MR) is 67.8 cm³/mol. The minimum atomic E-state index is 0.327. The summed E-state index contributed by atoms with van der Waals surface area (Å²) in [6, 6.07) is 4.68. The molecule has 0 saturated carbocycles.